The fourth-order valence-corrected chi connectivity index (χ4v) is 3.42. The second-order valence-electron chi connectivity index (χ2n) is 4.49. The first-order valence-electron chi connectivity index (χ1n) is 7.24. The number of hydrogen-bond acceptors (Lipinski definition) is 7. The summed E-state index contributed by atoms with van der Waals surface area (Å²) < 4.78 is 11.7. The largest absolute Gasteiger partial charge is 0.497 e. The van der Waals surface area contributed by atoms with Crippen LogP contribution in [-0.2, 0) is 4.79 Å². The molecule has 1 N–H and O–H groups in total. The second kappa shape index (κ2) is 8.73. The smallest absolute Gasteiger partial charge is 0.267 e. The van der Waals surface area contributed by atoms with Gasteiger partial charge in [0.1, 0.15) is 11.5 Å². The first-order chi connectivity index (χ1) is 11.2. The Bertz CT molecular complexity index is 631. The first kappa shape index (κ1) is 17.6. The van der Waals surface area contributed by atoms with Crippen molar-refractivity contribution < 1.29 is 14.3 Å². The number of rotatable bonds is 8. The van der Waals surface area contributed by atoms with E-state index in [2.05, 4.69) is 15.5 Å². The van der Waals surface area contributed by atoms with E-state index >= 15 is 0 Å². The van der Waals surface area contributed by atoms with E-state index < -0.39 is 6.10 Å². The molecule has 0 aliphatic carbocycles. The summed E-state index contributed by atoms with van der Waals surface area (Å²) in [6.45, 7) is 3.94. The van der Waals surface area contributed by atoms with E-state index in [1.54, 1.807) is 43.1 Å². The van der Waals surface area contributed by atoms with Crippen molar-refractivity contribution >= 4 is 34.1 Å². The molecule has 23 heavy (non-hydrogen) atoms. The van der Waals surface area contributed by atoms with Crippen molar-refractivity contribution in [1.82, 2.24) is 10.2 Å². The van der Waals surface area contributed by atoms with Crippen LogP contribution in [0.4, 0.5) is 5.13 Å². The molecule has 2 rings (SSSR count). The Balaban J connectivity index is 1.96. The van der Waals surface area contributed by atoms with Crippen LogP contribution in [0.2, 0.25) is 0 Å². The van der Waals surface area contributed by atoms with Crippen LogP contribution >= 0.6 is 23.1 Å². The maximum Gasteiger partial charge on any atom is 0.267 e. The monoisotopic (exact) mass is 353 g/mol. The Morgan fingerprint density at radius 1 is 1.26 bits per heavy atom. The van der Waals surface area contributed by atoms with Gasteiger partial charge in [0.25, 0.3) is 5.91 Å². The summed E-state index contributed by atoms with van der Waals surface area (Å²) in [5.74, 6) is 2.05. The Morgan fingerprint density at radius 2 is 1.96 bits per heavy atom. The van der Waals surface area contributed by atoms with Gasteiger partial charge in [0.15, 0.2) is 10.4 Å². The van der Waals surface area contributed by atoms with Gasteiger partial charge in [0.2, 0.25) is 5.13 Å². The molecule has 1 heterocycles. The number of benzene rings is 1. The van der Waals surface area contributed by atoms with Crippen LogP contribution in [0.15, 0.2) is 28.6 Å². The summed E-state index contributed by atoms with van der Waals surface area (Å²) in [4.78, 5) is 12.3. The molecule has 0 radical (unpaired) electrons. The molecule has 0 spiro atoms. The molecule has 1 amide bonds. The molecular formula is C15H19N3O3S2. The average molecular weight is 353 g/mol. The quantitative estimate of drug-likeness (QED) is 0.579. The zero-order chi connectivity index (χ0) is 16.7. The highest BCUT2D eigenvalue weighted by Crippen LogP contribution is 2.25. The van der Waals surface area contributed by atoms with Crippen LogP contribution in [0, 0.1) is 0 Å². The van der Waals surface area contributed by atoms with Gasteiger partial charge in [-0.05, 0) is 36.4 Å². The Kier molecular flexibility index (Phi) is 6.66. The number of hydrogen-bond donors (Lipinski definition) is 1. The lowest BCUT2D eigenvalue weighted by Crippen LogP contribution is -2.32. The summed E-state index contributed by atoms with van der Waals surface area (Å²) in [5, 5.41) is 11.2. The zero-order valence-corrected chi connectivity index (χ0v) is 14.9. The molecule has 1 atom stereocenters. The fourth-order valence-electron chi connectivity index (χ4n) is 1.77. The SMILES string of the molecule is CCSc1nnc(NC(=O)C(CC)Oc2ccc(OC)cc2)s1. The lowest BCUT2D eigenvalue weighted by atomic mass is 10.2. The van der Waals surface area contributed by atoms with Gasteiger partial charge in [-0.1, -0.05) is 36.9 Å². The predicted octanol–water partition coefficient (Wildman–Crippen LogP) is 3.45. The van der Waals surface area contributed by atoms with E-state index in [1.807, 2.05) is 13.8 Å². The van der Waals surface area contributed by atoms with Crippen LogP contribution in [0.25, 0.3) is 0 Å². The van der Waals surface area contributed by atoms with Gasteiger partial charge in [-0.25, -0.2) is 0 Å². The third kappa shape index (κ3) is 5.11. The summed E-state index contributed by atoms with van der Waals surface area (Å²) in [7, 11) is 1.60. The van der Waals surface area contributed by atoms with Gasteiger partial charge >= 0.3 is 0 Å². The normalized spacial score (nSPS) is 11.8. The Morgan fingerprint density at radius 3 is 2.57 bits per heavy atom. The summed E-state index contributed by atoms with van der Waals surface area (Å²) in [6.07, 6.45) is -0.0395. The molecule has 0 saturated carbocycles. The minimum Gasteiger partial charge on any atom is -0.497 e. The van der Waals surface area contributed by atoms with Crippen LogP contribution in [-0.4, -0.2) is 35.1 Å². The fraction of sp³-hybridized carbons (Fsp3) is 0.400. The molecule has 0 aliphatic heterocycles. The third-order valence-electron chi connectivity index (χ3n) is 2.91. The van der Waals surface area contributed by atoms with Crippen LogP contribution < -0.4 is 14.8 Å². The minimum absolute atomic E-state index is 0.229. The highest BCUT2D eigenvalue weighted by Gasteiger charge is 2.20. The van der Waals surface area contributed by atoms with Gasteiger partial charge < -0.3 is 9.47 Å². The van der Waals surface area contributed by atoms with E-state index in [1.165, 1.54) is 11.3 Å². The molecule has 1 aromatic heterocycles. The number of nitrogens with zero attached hydrogens (tertiary/aromatic N) is 2. The number of thioether (sulfide) groups is 1. The van der Waals surface area contributed by atoms with E-state index in [-0.39, 0.29) is 5.91 Å². The van der Waals surface area contributed by atoms with Crippen molar-refractivity contribution in [3.05, 3.63) is 24.3 Å². The molecule has 0 fully saturated rings. The molecule has 124 valence electrons. The van der Waals surface area contributed by atoms with Crippen LogP contribution in [0.1, 0.15) is 20.3 Å². The van der Waals surface area contributed by atoms with Crippen molar-refractivity contribution in [3.63, 3.8) is 0 Å². The van der Waals surface area contributed by atoms with Gasteiger partial charge in [0.05, 0.1) is 7.11 Å². The van der Waals surface area contributed by atoms with Crippen molar-refractivity contribution in [3.8, 4) is 11.5 Å². The van der Waals surface area contributed by atoms with Gasteiger partial charge in [-0.3, -0.25) is 10.1 Å². The maximum absolute atomic E-state index is 12.3. The standard InChI is InChI=1S/C15H19N3O3S2/c1-4-12(21-11-8-6-10(20-3)7-9-11)13(19)16-14-17-18-15(23-14)22-5-2/h6-9,12H,4-5H2,1-3H3,(H,16,17,19). The molecule has 0 aliphatic rings. The average Bonchev–Trinajstić information content (AvgIpc) is 3.00. The number of carbonyl (C=O) groups excluding carboxylic acids is 1. The Labute approximate surface area is 143 Å². The summed E-state index contributed by atoms with van der Waals surface area (Å²) in [6, 6.07) is 7.13. The number of amides is 1. The summed E-state index contributed by atoms with van der Waals surface area (Å²) >= 11 is 2.96. The number of carbonyl (C=O) groups is 1. The van der Waals surface area contributed by atoms with Crippen LogP contribution in [0.5, 0.6) is 11.5 Å². The number of anilines is 1. The van der Waals surface area contributed by atoms with E-state index in [0.29, 0.717) is 17.3 Å². The Hall–Kier alpha value is -1.80. The molecule has 6 nitrogen and oxygen atoms in total. The van der Waals surface area contributed by atoms with E-state index in [0.717, 1.165) is 15.8 Å². The number of aromatic nitrogens is 2. The number of nitrogens with one attached hydrogen (secondary N) is 1. The number of methoxy groups -OCH3 is 1. The molecule has 0 bridgehead atoms. The van der Waals surface area contributed by atoms with E-state index in [4.69, 9.17) is 9.47 Å². The van der Waals surface area contributed by atoms with Gasteiger partial charge in [-0.2, -0.15) is 0 Å². The minimum atomic E-state index is -0.588. The van der Waals surface area contributed by atoms with Crippen LogP contribution in [0.3, 0.4) is 0 Å². The maximum atomic E-state index is 12.3. The highest BCUT2D eigenvalue weighted by molar-refractivity contribution is 8.01. The molecule has 2 aromatic rings. The number of ether oxygens (including phenoxy) is 2. The summed E-state index contributed by atoms with van der Waals surface area (Å²) in [5.41, 5.74) is 0. The van der Waals surface area contributed by atoms with Crippen molar-refractivity contribution in [1.29, 1.82) is 0 Å². The second-order valence-corrected chi connectivity index (χ2v) is 6.97. The van der Waals surface area contributed by atoms with Gasteiger partial charge in [0, 0.05) is 0 Å². The third-order valence-corrected chi connectivity index (χ3v) is 4.76. The van der Waals surface area contributed by atoms with Gasteiger partial charge in [-0.15, -0.1) is 10.2 Å². The van der Waals surface area contributed by atoms with Crippen molar-refractivity contribution in [2.24, 2.45) is 0 Å². The topological polar surface area (TPSA) is 73.3 Å². The molecular weight excluding hydrogens is 334 g/mol. The van der Waals surface area contributed by atoms with Crippen molar-refractivity contribution in [2.75, 3.05) is 18.2 Å². The van der Waals surface area contributed by atoms with Crippen molar-refractivity contribution in [2.45, 2.75) is 30.7 Å². The predicted molar refractivity (Wildman–Crippen MR) is 92.6 cm³/mol. The zero-order valence-electron chi connectivity index (χ0n) is 13.2. The lowest BCUT2D eigenvalue weighted by molar-refractivity contribution is -0.122. The molecule has 1 unspecified atom stereocenters. The lowest BCUT2D eigenvalue weighted by Gasteiger charge is -2.16. The molecule has 1 aromatic carbocycles. The molecule has 0 saturated heterocycles. The molecule has 8 heteroatoms. The first-order valence-corrected chi connectivity index (χ1v) is 9.04. The van der Waals surface area contributed by atoms with E-state index in [9.17, 15) is 4.79 Å². The highest BCUT2D eigenvalue weighted by atomic mass is 32.2.